The number of amides is 2. The largest absolute Gasteiger partial charge is 0.465 e. The zero-order valence-corrected chi connectivity index (χ0v) is 14.6. The zero-order chi connectivity index (χ0) is 17.2. The number of aryl methyl sites for hydroxylation is 1. The minimum absolute atomic E-state index is 0.137. The van der Waals surface area contributed by atoms with Crippen LogP contribution in [-0.4, -0.2) is 19.1 Å². The summed E-state index contributed by atoms with van der Waals surface area (Å²) in [6.07, 6.45) is 0. The number of methoxy groups -OCH3 is 1. The number of hydrogen-bond acceptors (Lipinski definition) is 5. The molecule has 6 nitrogen and oxygen atoms in total. The average Bonchev–Trinajstić information content (AvgIpc) is 3.04. The fourth-order valence-electron chi connectivity index (χ4n) is 1.86. The molecule has 124 valence electrons. The molecule has 2 rings (SSSR count). The zero-order valence-electron chi connectivity index (χ0n) is 13.8. The molecule has 0 saturated carbocycles. The van der Waals surface area contributed by atoms with Crippen molar-refractivity contribution in [1.29, 1.82) is 0 Å². The number of furan rings is 1. The summed E-state index contributed by atoms with van der Waals surface area (Å²) in [6, 6.07) is 4.72. The van der Waals surface area contributed by atoms with E-state index in [-0.39, 0.29) is 5.41 Å². The second-order valence-electron chi connectivity index (χ2n) is 6.08. The summed E-state index contributed by atoms with van der Waals surface area (Å²) in [7, 11) is 1.31. The summed E-state index contributed by atoms with van der Waals surface area (Å²) in [4.78, 5) is 25.3. The molecule has 0 aliphatic rings. The molecule has 0 saturated heterocycles. The van der Waals surface area contributed by atoms with Crippen LogP contribution in [0.3, 0.4) is 0 Å². The molecule has 0 aromatic carbocycles. The first-order chi connectivity index (χ1) is 10.7. The Balaban J connectivity index is 2.21. The van der Waals surface area contributed by atoms with Gasteiger partial charge in [-0.25, -0.2) is 9.59 Å². The Kier molecular flexibility index (Phi) is 4.79. The molecule has 0 radical (unpaired) electrons. The van der Waals surface area contributed by atoms with Crippen LogP contribution in [0.5, 0.6) is 0 Å². The maximum atomic E-state index is 12.1. The van der Waals surface area contributed by atoms with Crippen LogP contribution in [0.2, 0.25) is 0 Å². The van der Waals surface area contributed by atoms with Gasteiger partial charge in [-0.2, -0.15) is 0 Å². The van der Waals surface area contributed by atoms with Gasteiger partial charge < -0.3 is 14.5 Å². The van der Waals surface area contributed by atoms with Gasteiger partial charge in [0.2, 0.25) is 5.88 Å². The number of ether oxygens (including phenoxy) is 1. The van der Waals surface area contributed by atoms with Gasteiger partial charge in [-0.3, -0.25) is 5.32 Å². The molecule has 0 bridgehead atoms. The second kappa shape index (κ2) is 6.45. The fraction of sp³-hybridized carbons (Fsp3) is 0.375. The molecule has 0 spiro atoms. The minimum atomic E-state index is -0.484. The first kappa shape index (κ1) is 17.1. The van der Waals surface area contributed by atoms with E-state index in [9.17, 15) is 9.59 Å². The maximum absolute atomic E-state index is 12.1. The van der Waals surface area contributed by atoms with Crippen LogP contribution in [0.25, 0.3) is 0 Å². The van der Waals surface area contributed by atoms with Crippen LogP contribution in [0.15, 0.2) is 22.6 Å². The monoisotopic (exact) mass is 336 g/mol. The lowest BCUT2D eigenvalue weighted by molar-refractivity contribution is 0.0607. The highest BCUT2D eigenvalue weighted by Gasteiger charge is 2.24. The molecule has 2 aromatic heterocycles. The quantitative estimate of drug-likeness (QED) is 0.815. The topological polar surface area (TPSA) is 80.6 Å². The van der Waals surface area contributed by atoms with E-state index in [1.807, 2.05) is 20.8 Å². The lowest BCUT2D eigenvalue weighted by Gasteiger charge is -2.15. The third-order valence-electron chi connectivity index (χ3n) is 3.07. The van der Waals surface area contributed by atoms with Crippen LogP contribution < -0.4 is 10.6 Å². The van der Waals surface area contributed by atoms with Crippen molar-refractivity contribution in [2.75, 3.05) is 17.7 Å². The SMILES string of the molecule is COC(=O)c1sc(C(C)(C)C)cc1NC(=O)Nc1ccc(C)o1. The summed E-state index contributed by atoms with van der Waals surface area (Å²) in [5.74, 6) is 0.557. The predicted molar refractivity (Wildman–Crippen MR) is 90.4 cm³/mol. The average molecular weight is 336 g/mol. The number of carbonyl (C=O) groups excluding carboxylic acids is 2. The van der Waals surface area contributed by atoms with Gasteiger partial charge in [-0.05, 0) is 24.5 Å². The van der Waals surface area contributed by atoms with Crippen LogP contribution in [0, 0.1) is 6.92 Å². The molecule has 2 heterocycles. The van der Waals surface area contributed by atoms with Gasteiger partial charge in [0.05, 0.1) is 12.8 Å². The van der Waals surface area contributed by atoms with Crippen molar-refractivity contribution in [1.82, 2.24) is 0 Å². The molecule has 0 unspecified atom stereocenters. The van der Waals surface area contributed by atoms with Crippen LogP contribution in [0.4, 0.5) is 16.4 Å². The number of anilines is 2. The van der Waals surface area contributed by atoms with Crippen molar-refractivity contribution in [2.24, 2.45) is 0 Å². The van der Waals surface area contributed by atoms with Crippen molar-refractivity contribution < 1.29 is 18.7 Å². The van der Waals surface area contributed by atoms with Crippen molar-refractivity contribution >= 4 is 34.9 Å². The van der Waals surface area contributed by atoms with Gasteiger partial charge in [0, 0.05) is 10.9 Å². The summed E-state index contributed by atoms with van der Waals surface area (Å²) >= 11 is 1.31. The van der Waals surface area contributed by atoms with Crippen molar-refractivity contribution in [3.8, 4) is 0 Å². The highest BCUT2D eigenvalue weighted by molar-refractivity contribution is 7.14. The number of nitrogens with one attached hydrogen (secondary N) is 2. The number of carbonyl (C=O) groups is 2. The van der Waals surface area contributed by atoms with E-state index < -0.39 is 12.0 Å². The van der Waals surface area contributed by atoms with Gasteiger partial charge >= 0.3 is 12.0 Å². The second-order valence-corrected chi connectivity index (χ2v) is 7.14. The Morgan fingerprint density at radius 2 is 1.91 bits per heavy atom. The predicted octanol–water partition coefficient (Wildman–Crippen LogP) is 4.38. The molecule has 2 aromatic rings. The number of thiophene rings is 1. The number of esters is 1. The van der Waals surface area contributed by atoms with Crippen molar-refractivity contribution in [3.63, 3.8) is 0 Å². The standard InChI is InChI=1S/C16H20N2O4S/c1-9-6-7-12(22-9)18-15(20)17-10-8-11(16(2,3)4)23-13(10)14(19)21-5/h6-8H,1-5H3,(H2,17,18,20). The third-order valence-corrected chi connectivity index (χ3v) is 4.61. The minimum Gasteiger partial charge on any atom is -0.465 e. The molecule has 0 aliphatic heterocycles. The van der Waals surface area contributed by atoms with Gasteiger partial charge in [0.15, 0.2) is 0 Å². The maximum Gasteiger partial charge on any atom is 0.350 e. The first-order valence-electron chi connectivity index (χ1n) is 7.08. The highest BCUT2D eigenvalue weighted by Crippen LogP contribution is 2.35. The molecule has 0 aliphatic carbocycles. The number of hydrogen-bond donors (Lipinski definition) is 2. The Morgan fingerprint density at radius 1 is 1.22 bits per heavy atom. The van der Waals surface area contributed by atoms with Crippen LogP contribution in [0.1, 0.15) is 41.1 Å². The fourth-order valence-corrected chi connectivity index (χ4v) is 2.95. The van der Waals surface area contributed by atoms with E-state index in [0.717, 1.165) is 4.88 Å². The van der Waals surface area contributed by atoms with Crippen LogP contribution in [-0.2, 0) is 10.2 Å². The third kappa shape index (κ3) is 4.13. The van der Waals surface area contributed by atoms with E-state index in [0.29, 0.717) is 22.2 Å². The molecule has 23 heavy (non-hydrogen) atoms. The molecular formula is C16H20N2O4S. The molecule has 7 heteroatoms. The summed E-state index contributed by atoms with van der Waals surface area (Å²) < 4.78 is 10.1. The van der Waals surface area contributed by atoms with Crippen molar-refractivity contribution in [2.45, 2.75) is 33.1 Å². The smallest absolute Gasteiger partial charge is 0.350 e. The highest BCUT2D eigenvalue weighted by atomic mass is 32.1. The molecular weight excluding hydrogens is 316 g/mol. The van der Waals surface area contributed by atoms with E-state index in [1.165, 1.54) is 18.4 Å². The van der Waals surface area contributed by atoms with E-state index in [2.05, 4.69) is 10.6 Å². The molecule has 2 N–H and O–H groups in total. The Hall–Kier alpha value is -2.28. The summed E-state index contributed by atoms with van der Waals surface area (Å²) in [5, 5.41) is 5.25. The van der Waals surface area contributed by atoms with Gasteiger partial charge in [-0.15, -0.1) is 11.3 Å². The van der Waals surface area contributed by atoms with Gasteiger partial charge in [0.25, 0.3) is 0 Å². The van der Waals surface area contributed by atoms with Gasteiger partial charge in [0.1, 0.15) is 10.6 Å². The number of urea groups is 1. The van der Waals surface area contributed by atoms with E-state index in [4.69, 9.17) is 9.15 Å². The Bertz CT molecular complexity index is 725. The lowest BCUT2D eigenvalue weighted by atomic mass is 9.94. The normalized spacial score (nSPS) is 11.2. The molecule has 0 atom stereocenters. The first-order valence-corrected chi connectivity index (χ1v) is 7.89. The van der Waals surface area contributed by atoms with E-state index in [1.54, 1.807) is 25.1 Å². The Morgan fingerprint density at radius 3 is 2.43 bits per heavy atom. The van der Waals surface area contributed by atoms with Crippen molar-refractivity contribution in [3.05, 3.63) is 33.7 Å². The summed E-state index contributed by atoms with van der Waals surface area (Å²) in [5.41, 5.74) is 0.287. The van der Waals surface area contributed by atoms with Gasteiger partial charge in [-0.1, -0.05) is 20.8 Å². The Labute approximate surface area is 138 Å². The molecule has 0 fully saturated rings. The lowest BCUT2D eigenvalue weighted by Crippen LogP contribution is -2.20. The molecule has 2 amide bonds. The van der Waals surface area contributed by atoms with E-state index >= 15 is 0 Å². The summed E-state index contributed by atoms with van der Waals surface area (Å²) in [6.45, 7) is 7.90. The van der Waals surface area contributed by atoms with Crippen LogP contribution >= 0.6 is 11.3 Å². The number of rotatable bonds is 3.